The largest absolute Gasteiger partial charge is 0.454 e. The quantitative estimate of drug-likeness (QED) is 0.665. The maximum atomic E-state index is 12.4. The van der Waals surface area contributed by atoms with Crippen LogP contribution < -0.4 is 5.32 Å². The van der Waals surface area contributed by atoms with Crippen molar-refractivity contribution >= 4 is 23.3 Å². The first-order chi connectivity index (χ1) is 13.0. The van der Waals surface area contributed by atoms with Gasteiger partial charge in [-0.2, -0.15) is 0 Å². The van der Waals surface area contributed by atoms with E-state index in [2.05, 4.69) is 5.32 Å². The molecule has 0 saturated carbocycles. The fourth-order valence-electron chi connectivity index (χ4n) is 3.75. The number of anilines is 1. The van der Waals surface area contributed by atoms with Gasteiger partial charge in [0.25, 0.3) is 0 Å². The average Bonchev–Trinajstić information content (AvgIpc) is 2.98. The van der Waals surface area contributed by atoms with Crippen molar-refractivity contribution in [2.75, 3.05) is 11.9 Å². The Morgan fingerprint density at radius 3 is 2.59 bits per heavy atom. The van der Waals surface area contributed by atoms with Crippen molar-refractivity contribution in [2.45, 2.75) is 38.5 Å². The Morgan fingerprint density at radius 2 is 1.78 bits per heavy atom. The minimum atomic E-state index is -0.483. The van der Waals surface area contributed by atoms with Gasteiger partial charge >= 0.3 is 5.97 Å². The van der Waals surface area contributed by atoms with Crippen molar-refractivity contribution in [3.63, 3.8) is 0 Å². The monoisotopic (exact) mass is 363 g/mol. The summed E-state index contributed by atoms with van der Waals surface area (Å²) in [6.07, 6.45) is 4.36. The Kier molecular flexibility index (Phi) is 4.52. The molecular formula is C22H21NO4. The lowest BCUT2D eigenvalue weighted by Gasteiger charge is -2.16. The Labute approximate surface area is 157 Å². The third kappa shape index (κ3) is 3.37. The van der Waals surface area contributed by atoms with E-state index in [0.29, 0.717) is 11.1 Å². The van der Waals surface area contributed by atoms with Crippen LogP contribution in [0.3, 0.4) is 0 Å². The van der Waals surface area contributed by atoms with Crippen LogP contribution in [0.1, 0.15) is 63.1 Å². The summed E-state index contributed by atoms with van der Waals surface area (Å²) < 4.78 is 5.23. The number of benzene rings is 2. The summed E-state index contributed by atoms with van der Waals surface area (Å²) in [6, 6.07) is 10.7. The predicted octanol–water partition coefficient (Wildman–Crippen LogP) is 3.66. The van der Waals surface area contributed by atoms with Gasteiger partial charge in [-0.05, 0) is 79.6 Å². The molecule has 0 saturated heterocycles. The van der Waals surface area contributed by atoms with Gasteiger partial charge in [-0.25, -0.2) is 4.79 Å². The molecule has 0 unspecified atom stereocenters. The molecule has 1 aliphatic carbocycles. The van der Waals surface area contributed by atoms with Gasteiger partial charge < -0.3 is 10.1 Å². The highest BCUT2D eigenvalue weighted by Gasteiger charge is 2.27. The number of hydrogen-bond donors (Lipinski definition) is 1. The van der Waals surface area contributed by atoms with Gasteiger partial charge in [0.1, 0.15) is 0 Å². The minimum Gasteiger partial charge on any atom is -0.454 e. The van der Waals surface area contributed by atoms with E-state index in [0.717, 1.165) is 30.5 Å². The van der Waals surface area contributed by atoms with E-state index in [1.807, 2.05) is 12.1 Å². The number of aryl methyl sites for hydroxylation is 2. The molecule has 2 aromatic carbocycles. The number of carbonyl (C=O) groups is 3. The summed E-state index contributed by atoms with van der Waals surface area (Å²) in [5.41, 5.74) is 4.95. The lowest BCUT2D eigenvalue weighted by molar-refractivity contribution is -0.116. The van der Waals surface area contributed by atoms with Crippen molar-refractivity contribution < 1.29 is 19.1 Å². The van der Waals surface area contributed by atoms with Crippen LogP contribution in [-0.2, 0) is 22.4 Å². The summed E-state index contributed by atoms with van der Waals surface area (Å²) in [5, 5.41) is 2.77. The average molecular weight is 363 g/mol. The zero-order valence-corrected chi connectivity index (χ0v) is 15.2. The lowest BCUT2D eigenvalue weighted by Crippen LogP contribution is -2.15. The molecule has 0 spiro atoms. The van der Waals surface area contributed by atoms with E-state index in [1.165, 1.54) is 17.5 Å². The molecule has 4 rings (SSSR count). The Bertz CT molecular complexity index is 947. The van der Waals surface area contributed by atoms with Crippen molar-refractivity contribution in [1.29, 1.82) is 0 Å². The number of hydrogen-bond acceptors (Lipinski definition) is 4. The topological polar surface area (TPSA) is 72.5 Å². The second-order valence-electron chi connectivity index (χ2n) is 7.20. The van der Waals surface area contributed by atoms with E-state index in [9.17, 15) is 14.4 Å². The van der Waals surface area contributed by atoms with Crippen molar-refractivity contribution in [1.82, 2.24) is 0 Å². The van der Waals surface area contributed by atoms with Crippen molar-refractivity contribution in [3.8, 4) is 0 Å². The number of fused-ring (bicyclic) bond motifs is 2. The van der Waals surface area contributed by atoms with Crippen LogP contribution >= 0.6 is 0 Å². The maximum absolute atomic E-state index is 12.4. The summed E-state index contributed by atoms with van der Waals surface area (Å²) in [6.45, 7) is 1.48. The van der Waals surface area contributed by atoms with Crippen LogP contribution in [0.4, 0.5) is 5.69 Å². The van der Waals surface area contributed by atoms with Crippen LogP contribution in [0.5, 0.6) is 0 Å². The Balaban J connectivity index is 1.42. The third-order valence-electron chi connectivity index (χ3n) is 5.41. The molecule has 138 valence electrons. The molecule has 0 bridgehead atoms. The standard InChI is InChI=1S/C22H21NO4/c1-13-18-11-16(8-9-19(18)23-21(13)25)20(24)12-27-22(26)17-7-6-14-4-2-3-5-15(14)10-17/h6-11,13H,2-5,12H2,1H3,(H,23,25)/t13-/m1/s1. The second kappa shape index (κ2) is 6.99. The Morgan fingerprint density at radius 1 is 1.04 bits per heavy atom. The molecule has 1 atom stereocenters. The van der Waals surface area contributed by atoms with Gasteiger partial charge in [-0.3, -0.25) is 9.59 Å². The molecule has 0 radical (unpaired) electrons. The highest BCUT2D eigenvalue weighted by Crippen LogP contribution is 2.32. The van der Waals surface area contributed by atoms with E-state index < -0.39 is 5.97 Å². The first kappa shape index (κ1) is 17.5. The highest BCUT2D eigenvalue weighted by molar-refractivity contribution is 6.05. The van der Waals surface area contributed by atoms with Crippen LogP contribution in [0.15, 0.2) is 36.4 Å². The lowest BCUT2D eigenvalue weighted by atomic mass is 9.90. The first-order valence-electron chi connectivity index (χ1n) is 9.30. The fourth-order valence-corrected chi connectivity index (χ4v) is 3.75. The number of esters is 1. The summed E-state index contributed by atoms with van der Waals surface area (Å²) in [4.78, 5) is 36.5. The molecule has 0 aromatic heterocycles. The zero-order chi connectivity index (χ0) is 19.0. The Hall–Kier alpha value is -2.95. The molecule has 0 fully saturated rings. The molecule has 1 heterocycles. The van der Waals surface area contributed by atoms with E-state index in [1.54, 1.807) is 31.2 Å². The van der Waals surface area contributed by atoms with Crippen LogP contribution in [0.2, 0.25) is 0 Å². The summed E-state index contributed by atoms with van der Waals surface area (Å²) in [7, 11) is 0. The summed E-state index contributed by atoms with van der Waals surface area (Å²) >= 11 is 0. The van der Waals surface area contributed by atoms with Gasteiger partial charge in [-0.1, -0.05) is 6.07 Å². The molecule has 5 nitrogen and oxygen atoms in total. The smallest absolute Gasteiger partial charge is 0.338 e. The number of amides is 1. The predicted molar refractivity (Wildman–Crippen MR) is 101 cm³/mol. The SMILES string of the molecule is C[C@H]1C(=O)Nc2ccc(C(=O)COC(=O)c3ccc4c(c3)CCCC4)cc21. The molecule has 2 aliphatic rings. The van der Waals surface area contributed by atoms with Gasteiger partial charge in [-0.15, -0.1) is 0 Å². The van der Waals surface area contributed by atoms with E-state index in [-0.39, 0.29) is 24.2 Å². The van der Waals surface area contributed by atoms with Gasteiger partial charge in [0, 0.05) is 11.3 Å². The van der Waals surface area contributed by atoms with Gasteiger partial charge in [0.2, 0.25) is 5.91 Å². The highest BCUT2D eigenvalue weighted by atomic mass is 16.5. The van der Waals surface area contributed by atoms with Crippen LogP contribution in [0, 0.1) is 0 Å². The number of rotatable bonds is 4. The van der Waals surface area contributed by atoms with E-state index >= 15 is 0 Å². The van der Waals surface area contributed by atoms with Crippen molar-refractivity contribution in [2.24, 2.45) is 0 Å². The summed E-state index contributed by atoms with van der Waals surface area (Å²) in [5.74, 6) is -1.13. The second-order valence-corrected chi connectivity index (χ2v) is 7.20. The number of ketones is 1. The van der Waals surface area contributed by atoms with Crippen LogP contribution in [0.25, 0.3) is 0 Å². The fraction of sp³-hybridized carbons (Fsp3) is 0.318. The zero-order valence-electron chi connectivity index (χ0n) is 15.2. The normalized spacial score (nSPS) is 17.7. The van der Waals surface area contributed by atoms with Gasteiger partial charge in [0.05, 0.1) is 11.5 Å². The molecule has 1 amide bonds. The van der Waals surface area contributed by atoms with Gasteiger partial charge in [0.15, 0.2) is 12.4 Å². The van der Waals surface area contributed by atoms with Crippen molar-refractivity contribution in [3.05, 3.63) is 64.2 Å². The molecule has 1 aliphatic heterocycles. The van der Waals surface area contributed by atoms with E-state index in [4.69, 9.17) is 4.74 Å². The first-order valence-corrected chi connectivity index (χ1v) is 9.30. The third-order valence-corrected chi connectivity index (χ3v) is 5.41. The van der Waals surface area contributed by atoms with Crippen LogP contribution in [-0.4, -0.2) is 24.3 Å². The number of Topliss-reactive ketones (excluding diaryl/α,β-unsaturated/α-hetero) is 1. The number of carbonyl (C=O) groups excluding carboxylic acids is 3. The molecule has 2 aromatic rings. The molecule has 5 heteroatoms. The number of nitrogens with one attached hydrogen (secondary N) is 1. The molecule has 1 N–H and O–H groups in total. The molecular weight excluding hydrogens is 342 g/mol. The number of ether oxygens (including phenoxy) is 1. The minimum absolute atomic E-state index is 0.0755. The molecule has 27 heavy (non-hydrogen) atoms. The maximum Gasteiger partial charge on any atom is 0.338 e.